The van der Waals surface area contributed by atoms with E-state index < -0.39 is 5.92 Å². The van der Waals surface area contributed by atoms with Crippen LogP contribution in [0.15, 0.2) is 24.3 Å². The second-order valence-corrected chi connectivity index (χ2v) is 5.48. The first kappa shape index (κ1) is 16.3. The lowest BCUT2D eigenvalue weighted by molar-refractivity contribution is -0.136. The van der Waals surface area contributed by atoms with Crippen molar-refractivity contribution in [3.05, 3.63) is 34.9 Å². The van der Waals surface area contributed by atoms with E-state index in [0.29, 0.717) is 30.1 Å². The Labute approximate surface area is 133 Å². The number of amides is 3. The minimum absolute atomic E-state index is 0.228. The molecule has 1 aromatic carbocycles. The highest BCUT2D eigenvalue weighted by Crippen LogP contribution is 2.11. The Balaban J connectivity index is 1.70. The predicted octanol–water partition coefficient (Wildman–Crippen LogP) is 0.712. The maximum Gasteiger partial charge on any atom is 0.251 e. The molecule has 7 heteroatoms. The highest BCUT2D eigenvalue weighted by molar-refractivity contribution is 6.30. The number of carbonyl (C=O) groups is 3. The van der Waals surface area contributed by atoms with Crippen molar-refractivity contribution in [2.45, 2.75) is 12.8 Å². The largest absolute Gasteiger partial charge is 0.355 e. The van der Waals surface area contributed by atoms with Gasteiger partial charge in [0.1, 0.15) is 5.92 Å². The van der Waals surface area contributed by atoms with E-state index in [4.69, 9.17) is 11.6 Å². The van der Waals surface area contributed by atoms with Crippen LogP contribution < -0.4 is 16.0 Å². The van der Waals surface area contributed by atoms with Gasteiger partial charge in [0.2, 0.25) is 11.8 Å². The molecule has 1 atom stereocenters. The molecule has 0 radical (unpaired) electrons. The van der Waals surface area contributed by atoms with Gasteiger partial charge in [-0.2, -0.15) is 0 Å². The van der Waals surface area contributed by atoms with Crippen molar-refractivity contribution in [1.29, 1.82) is 0 Å². The monoisotopic (exact) mass is 323 g/mol. The topological polar surface area (TPSA) is 87.3 Å². The van der Waals surface area contributed by atoms with Crippen molar-refractivity contribution in [2.75, 3.05) is 19.6 Å². The fraction of sp³-hybridized carbons (Fsp3) is 0.400. The normalized spacial score (nSPS) is 17.5. The van der Waals surface area contributed by atoms with Gasteiger partial charge in [0.25, 0.3) is 5.91 Å². The van der Waals surface area contributed by atoms with Crippen LogP contribution in [-0.2, 0) is 9.59 Å². The van der Waals surface area contributed by atoms with Crippen LogP contribution in [-0.4, -0.2) is 37.4 Å². The average Bonchev–Trinajstić information content (AvgIpc) is 2.52. The van der Waals surface area contributed by atoms with Crippen molar-refractivity contribution in [1.82, 2.24) is 16.0 Å². The summed E-state index contributed by atoms with van der Waals surface area (Å²) >= 11 is 5.75. The molecule has 0 bridgehead atoms. The van der Waals surface area contributed by atoms with Crippen LogP contribution in [0.3, 0.4) is 0 Å². The van der Waals surface area contributed by atoms with Crippen LogP contribution in [0.1, 0.15) is 23.2 Å². The second-order valence-electron chi connectivity index (χ2n) is 5.04. The van der Waals surface area contributed by atoms with Gasteiger partial charge < -0.3 is 16.0 Å². The number of rotatable bonds is 5. The van der Waals surface area contributed by atoms with Crippen molar-refractivity contribution in [3.63, 3.8) is 0 Å². The van der Waals surface area contributed by atoms with E-state index in [1.165, 1.54) is 0 Å². The summed E-state index contributed by atoms with van der Waals surface area (Å²) in [5.41, 5.74) is 0.502. The number of nitrogens with one attached hydrogen (secondary N) is 3. The van der Waals surface area contributed by atoms with Crippen LogP contribution in [0.25, 0.3) is 0 Å². The van der Waals surface area contributed by atoms with Crippen LogP contribution in [0.5, 0.6) is 0 Å². The summed E-state index contributed by atoms with van der Waals surface area (Å²) in [4.78, 5) is 35.2. The standard InChI is InChI=1S/C15H18ClN3O3/c16-11-5-3-10(4-6-11)13(20)18-8-9-19-15(22)12-2-1-7-17-14(12)21/h3-6,12H,1-2,7-9H2,(H,17,21)(H,18,20)(H,19,22). The molecule has 1 saturated heterocycles. The summed E-state index contributed by atoms with van der Waals surface area (Å²) in [5, 5.41) is 8.59. The summed E-state index contributed by atoms with van der Waals surface area (Å²) in [5.74, 6) is -1.38. The minimum Gasteiger partial charge on any atom is -0.355 e. The zero-order valence-corrected chi connectivity index (χ0v) is 12.8. The molecule has 2 rings (SSSR count). The third-order valence-corrected chi connectivity index (χ3v) is 3.67. The van der Waals surface area contributed by atoms with Gasteiger partial charge in [-0.25, -0.2) is 0 Å². The lowest BCUT2D eigenvalue weighted by atomic mass is 9.98. The summed E-state index contributed by atoms with van der Waals surface area (Å²) < 4.78 is 0. The molecule has 1 aromatic rings. The molecule has 1 aliphatic rings. The number of halogens is 1. The lowest BCUT2D eigenvalue weighted by Gasteiger charge is -2.21. The fourth-order valence-corrected chi connectivity index (χ4v) is 2.34. The van der Waals surface area contributed by atoms with E-state index in [1.54, 1.807) is 24.3 Å². The highest BCUT2D eigenvalue weighted by atomic mass is 35.5. The van der Waals surface area contributed by atoms with Crippen LogP contribution in [0, 0.1) is 5.92 Å². The molecule has 0 saturated carbocycles. The van der Waals surface area contributed by atoms with E-state index in [9.17, 15) is 14.4 Å². The summed E-state index contributed by atoms with van der Waals surface area (Å²) in [6.07, 6.45) is 1.37. The van der Waals surface area contributed by atoms with Gasteiger partial charge >= 0.3 is 0 Å². The van der Waals surface area contributed by atoms with Gasteiger partial charge in [0.15, 0.2) is 0 Å². The van der Waals surface area contributed by atoms with E-state index >= 15 is 0 Å². The number of piperidine rings is 1. The molecule has 1 unspecified atom stereocenters. The van der Waals surface area contributed by atoms with Crippen molar-refractivity contribution in [2.24, 2.45) is 5.92 Å². The Kier molecular flexibility index (Phi) is 5.77. The Morgan fingerprint density at radius 1 is 1.18 bits per heavy atom. The smallest absolute Gasteiger partial charge is 0.251 e. The Hall–Kier alpha value is -2.08. The molecule has 3 amide bonds. The van der Waals surface area contributed by atoms with Gasteiger partial charge in [0, 0.05) is 30.2 Å². The quantitative estimate of drug-likeness (QED) is 0.551. The number of hydrogen-bond donors (Lipinski definition) is 3. The van der Waals surface area contributed by atoms with Crippen LogP contribution >= 0.6 is 11.6 Å². The molecular formula is C15H18ClN3O3. The molecule has 6 nitrogen and oxygen atoms in total. The van der Waals surface area contributed by atoms with Gasteiger partial charge in [-0.15, -0.1) is 0 Å². The minimum atomic E-state index is -0.624. The second kappa shape index (κ2) is 7.79. The third-order valence-electron chi connectivity index (χ3n) is 3.42. The predicted molar refractivity (Wildman–Crippen MR) is 82.5 cm³/mol. The first-order valence-electron chi connectivity index (χ1n) is 7.17. The van der Waals surface area contributed by atoms with Crippen molar-refractivity contribution >= 4 is 29.3 Å². The number of carbonyl (C=O) groups excluding carboxylic acids is 3. The zero-order valence-electron chi connectivity index (χ0n) is 12.0. The highest BCUT2D eigenvalue weighted by Gasteiger charge is 2.28. The summed E-state index contributed by atoms with van der Waals surface area (Å²) in [6.45, 7) is 1.20. The average molecular weight is 324 g/mol. The van der Waals surface area contributed by atoms with Gasteiger partial charge in [-0.1, -0.05) is 11.6 Å². The Morgan fingerprint density at radius 2 is 1.86 bits per heavy atom. The maximum absolute atomic E-state index is 11.9. The Morgan fingerprint density at radius 3 is 2.55 bits per heavy atom. The summed E-state index contributed by atoms with van der Waals surface area (Å²) in [6, 6.07) is 6.53. The molecule has 0 spiro atoms. The van der Waals surface area contributed by atoms with E-state index in [0.717, 1.165) is 6.42 Å². The molecular weight excluding hydrogens is 306 g/mol. The SMILES string of the molecule is O=C(NCCNC(=O)C1CCCNC1=O)c1ccc(Cl)cc1. The van der Waals surface area contributed by atoms with Gasteiger partial charge in [-0.3, -0.25) is 14.4 Å². The molecule has 22 heavy (non-hydrogen) atoms. The molecule has 1 fully saturated rings. The molecule has 0 aromatic heterocycles. The van der Waals surface area contributed by atoms with E-state index in [2.05, 4.69) is 16.0 Å². The number of hydrogen-bond acceptors (Lipinski definition) is 3. The molecule has 3 N–H and O–H groups in total. The zero-order chi connectivity index (χ0) is 15.9. The fourth-order valence-electron chi connectivity index (χ4n) is 2.21. The van der Waals surface area contributed by atoms with Gasteiger partial charge in [-0.05, 0) is 37.1 Å². The van der Waals surface area contributed by atoms with Crippen LogP contribution in [0.4, 0.5) is 0 Å². The first-order valence-corrected chi connectivity index (χ1v) is 7.55. The molecule has 0 aliphatic carbocycles. The third kappa shape index (κ3) is 4.46. The number of benzene rings is 1. The van der Waals surface area contributed by atoms with Crippen molar-refractivity contribution < 1.29 is 14.4 Å². The Bertz CT molecular complexity index is 560. The maximum atomic E-state index is 11.9. The summed E-state index contributed by atoms with van der Waals surface area (Å²) in [7, 11) is 0. The van der Waals surface area contributed by atoms with Crippen molar-refractivity contribution in [3.8, 4) is 0 Å². The molecule has 118 valence electrons. The van der Waals surface area contributed by atoms with E-state index in [-0.39, 0.29) is 24.3 Å². The molecule has 1 heterocycles. The first-order chi connectivity index (χ1) is 10.6. The lowest BCUT2D eigenvalue weighted by Crippen LogP contribution is -2.46. The van der Waals surface area contributed by atoms with Crippen LogP contribution in [0.2, 0.25) is 5.02 Å². The van der Waals surface area contributed by atoms with E-state index in [1.807, 2.05) is 0 Å². The van der Waals surface area contributed by atoms with Gasteiger partial charge in [0.05, 0.1) is 0 Å². The molecule has 1 aliphatic heterocycles.